The number of hydrogen-bond donors (Lipinski definition) is 1. The Balaban J connectivity index is 1.78. The summed E-state index contributed by atoms with van der Waals surface area (Å²) in [7, 11) is 1.73. The van der Waals surface area contributed by atoms with Gasteiger partial charge in [-0.1, -0.05) is 57.2 Å². The summed E-state index contributed by atoms with van der Waals surface area (Å²) in [5.41, 5.74) is 3.29. The Morgan fingerprint density at radius 1 is 0.926 bits per heavy atom. The van der Waals surface area contributed by atoms with Crippen LogP contribution in [0.25, 0.3) is 0 Å². The van der Waals surface area contributed by atoms with E-state index in [2.05, 4.69) is 42.1 Å². The number of nitrogens with one attached hydrogen (secondary N) is 1. The molecular formula is C22H24N4O. The fourth-order valence-electron chi connectivity index (χ4n) is 2.83. The van der Waals surface area contributed by atoms with Crippen LogP contribution in [-0.2, 0) is 5.41 Å². The summed E-state index contributed by atoms with van der Waals surface area (Å²) in [5, 5.41) is 3.31. The van der Waals surface area contributed by atoms with Crippen molar-refractivity contribution >= 4 is 23.1 Å². The molecule has 138 valence electrons. The zero-order chi connectivity index (χ0) is 19.4. The van der Waals surface area contributed by atoms with Gasteiger partial charge in [-0.3, -0.25) is 4.79 Å². The maximum absolute atomic E-state index is 12.6. The van der Waals surface area contributed by atoms with Crippen LogP contribution in [0.3, 0.4) is 0 Å². The van der Waals surface area contributed by atoms with Crippen LogP contribution in [-0.4, -0.2) is 22.9 Å². The Bertz CT molecular complexity index is 915. The van der Waals surface area contributed by atoms with Gasteiger partial charge >= 0.3 is 0 Å². The molecule has 0 unspecified atom stereocenters. The summed E-state index contributed by atoms with van der Waals surface area (Å²) >= 11 is 0. The van der Waals surface area contributed by atoms with E-state index in [-0.39, 0.29) is 11.3 Å². The second-order valence-electron chi connectivity index (χ2n) is 7.41. The van der Waals surface area contributed by atoms with Crippen LogP contribution in [0.1, 0.15) is 36.8 Å². The first-order valence-electron chi connectivity index (χ1n) is 8.88. The number of carbonyl (C=O) groups excluding carboxylic acids is 1. The van der Waals surface area contributed by atoms with Gasteiger partial charge in [0.25, 0.3) is 5.91 Å². The summed E-state index contributed by atoms with van der Waals surface area (Å²) in [4.78, 5) is 22.8. The first kappa shape index (κ1) is 18.6. The second kappa shape index (κ2) is 7.58. The van der Waals surface area contributed by atoms with Gasteiger partial charge in [-0.15, -0.1) is 0 Å². The lowest BCUT2D eigenvalue weighted by atomic mass is 9.86. The van der Waals surface area contributed by atoms with Crippen molar-refractivity contribution in [2.24, 2.45) is 0 Å². The molecule has 5 heteroatoms. The topological polar surface area (TPSA) is 58.1 Å². The van der Waals surface area contributed by atoms with Crippen LogP contribution in [0.15, 0.2) is 67.0 Å². The molecule has 0 bridgehead atoms. The molecule has 0 aliphatic rings. The van der Waals surface area contributed by atoms with Gasteiger partial charge in [-0.05, 0) is 29.2 Å². The number of benzene rings is 2. The normalized spacial score (nSPS) is 11.1. The predicted octanol–water partition coefficient (Wildman–Crippen LogP) is 4.79. The molecule has 0 radical (unpaired) electrons. The molecule has 5 nitrogen and oxygen atoms in total. The third kappa shape index (κ3) is 4.31. The summed E-state index contributed by atoms with van der Waals surface area (Å²) in [6.07, 6.45) is 3.09. The molecule has 1 heterocycles. The van der Waals surface area contributed by atoms with Crippen molar-refractivity contribution in [3.8, 4) is 0 Å². The average molecular weight is 360 g/mol. The van der Waals surface area contributed by atoms with Gasteiger partial charge in [0.2, 0.25) is 0 Å². The second-order valence-corrected chi connectivity index (χ2v) is 7.41. The van der Waals surface area contributed by atoms with Gasteiger partial charge in [0.05, 0.1) is 12.4 Å². The summed E-state index contributed by atoms with van der Waals surface area (Å²) in [5.74, 6) is 0.404. The number of para-hydroxylation sites is 2. The first-order valence-corrected chi connectivity index (χ1v) is 8.88. The molecule has 0 saturated carbocycles. The first-order chi connectivity index (χ1) is 12.9. The van der Waals surface area contributed by atoms with Gasteiger partial charge < -0.3 is 10.2 Å². The van der Waals surface area contributed by atoms with Crippen LogP contribution >= 0.6 is 0 Å². The van der Waals surface area contributed by atoms with E-state index in [1.807, 2.05) is 48.5 Å². The SMILES string of the molecule is CN(C(=O)c1cnc(Nc2ccccc2C(C)(C)C)cn1)c1ccccc1. The Kier molecular flexibility index (Phi) is 5.21. The molecule has 1 amide bonds. The zero-order valence-corrected chi connectivity index (χ0v) is 16.1. The third-order valence-corrected chi connectivity index (χ3v) is 4.32. The van der Waals surface area contributed by atoms with E-state index in [0.717, 1.165) is 11.4 Å². The summed E-state index contributed by atoms with van der Waals surface area (Å²) in [6.45, 7) is 6.50. The number of rotatable bonds is 4. The highest BCUT2D eigenvalue weighted by Gasteiger charge is 2.18. The van der Waals surface area contributed by atoms with Gasteiger partial charge in [-0.25, -0.2) is 9.97 Å². The quantitative estimate of drug-likeness (QED) is 0.726. The van der Waals surface area contributed by atoms with Crippen molar-refractivity contribution in [1.82, 2.24) is 9.97 Å². The van der Waals surface area contributed by atoms with E-state index in [9.17, 15) is 4.79 Å². The highest BCUT2D eigenvalue weighted by Crippen LogP contribution is 2.30. The molecule has 1 aromatic heterocycles. The van der Waals surface area contributed by atoms with Gasteiger partial charge in [0.15, 0.2) is 0 Å². The zero-order valence-electron chi connectivity index (χ0n) is 16.1. The lowest BCUT2D eigenvalue weighted by Gasteiger charge is -2.23. The van der Waals surface area contributed by atoms with Crippen molar-refractivity contribution in [3.05, 3.63) is 78.2 Å². The highest BCUT2D eigenvalue weighted by atomic mass is 16.2. The Morgan fingerprint density at radius 2 is 1.59 bits per heavy atom. The molecule has 3 aromatic rings. The van der Waals surface area contributed by atoms with Crippen molar-refractivity contribution in [3.63, 3.8) is 0 Å². The van der Waals surface area contributed by atoms with Crippen LogP contribution in [0.2, 0.25) is 0 Å². The predicted molar refractivity (Wildman–Crippen MR) is 110 cm³/mol. The largest absolute Gasteiger partial charge is 0.339 e. The fourth-order valence-corrected chi connectivity index (χ4v) is 2.83. The Labute approximate surface area is 160 Å². The minimum absolute atomic E-state index is 0.00528. The highest BCUT2D eigenvalue weighted by molar-refractivity contribution is 6.04. The number of carbonyl (C=O) groups is 1. The minimum Gasteiger partial charge on any atom is -0.339 e. The molecule has 0 saturated heterocycles. The van der Waals surface area contributed by atoms with Crippen molar-refractivity contribution in [1.29, 1.82) is 0 Å². The number of amides is 1. The number of aromatic nitrogens is 2. The maximum Gasteiger partial charge on any atom is 0.278 e. The standard InChI is InChI=1S/C22H24N4O/c1-22(2,3)17-12-8-9-13-18(17)25-20-15-23-19(14-24-20)21(27)26(4)16-10-6-5-7-11-16/h5-15H,1-4H3,(H,24,25). The average Bonchev–Trinajstić information content (AvgIpc) is 2.68. The molecule has 27 heavy (non-hydrogen) atoms. The lowest BCUT2D eigenvalue weighted by Crippen LogP contribution is -2.27. The summed E-state index contributed by atoms with van der Waals surface area (Å²) in [6, 6.07) is 17.6. The van der Waals surface area contributed by atoms with E-state index in [1.165, 1.54) is 11.8 Å². The van der Waals surface area contributed by atoms with Crippen LogP contribution in [0.4, 0.5) is 17.2 Å². The number of nitrogens with zero attached hydrogens (tertiary/aromatic N) is 3. The monoisotopic (exact) mass is 360 g/mol. The van der Waals surface area contributed by atoms with Crippen LogP contribution in [0, 0.1) is 0 Å². The fraction of sp³-hybridized carbons (Fsp3) is 0.227. The molecule has 1 N–H and O–H groups in total. The van der Waals surface area contributed by atoms with Crippen LogP contribution < -0.4 is 10.2 Å². The molecule has 3 rings (SSSR count). The van der Waals surface area contributed by atoms with Gasteiger partial charge in [0.1, 0.15) is 11.5 Å². The van der Waals surface area contributed by atoms with Crippen molar-refractivity contribution in [2.75, 3.05) is 17.3 Å². The van der Waals surface area contributed by atoms with Crippen molar-refractivity contribution < 1.29 is 4.79 Å². The molecule has 0 spiro atoms. The third-order valence-electron chi connectivity index (χ3n) is 4.32. The van der Waals surface area contributed by atoms with Crippen molar-refractivity contribution in [2.45, 2.75) is 26.2 Å². The van der Waals surface area contributed by atoms with E-state index in [1.54, 1.807) is 18.1 Å². The molecule has 0 fully saturated rings. The molecular weight excluding hydrogens is 336 g/mol. The minimum atomic E-state index is -0.199. The van der Waals surface area contributed by atoms with Crippen LogP contribution in [0.5, 0.6) is 0 Å². The lowest BCUT2D eigenvalue weighted by molar-refractivity contribution is 0.0988. The number of hydrogen-bond acceptors (Lipinski definition) is 4. The van der Waals surface area contributed by atoms with E-state index >= 15 is 0 Å². The van der Waals surface area contributed by atoms with E-state index in [4.69, 9.17) is 0 Å². The van der Waals surface area contributed by atoms with E-state index in [0.29, 0.717) is 11.5 Å². The van der Waals surface area contributed by atoms with E-state index < -0.39 is 0 Å². The Morgan fingerprint density at radius 3 is 2.22 bits per heavy atom. The smallest absolute Gasteiger partial charge is 0.278 e. The van der Waals surface area contributed by atoms with Gasteiger partial charge in [0, 0.05) is 18.4 Å². The molecule has 0 atom stereocenters. The molecule has 0 aliphatic heterocycles. The molecule has 0 aliphatic carbocycles. The Hall–Kier alpha value is -3.21. The molecule has 2 aromatic carbocycles. The maximum atomic E-state index is 12.6. The van der Waals surface area contributed by atoms with Gasteiger partial charge in [-0.2, -0.15) is 0 Å². The number of anilines is 3. The summed E-state index contributed by atoms with van der Waals surface area (Å²) < 4.78 is 0.